The molecule has 0 aliphatic carbocycles. The number of aliphatic hydroxyl groups excluding tert-OH is 1. The number of fused-ring (bicyclic) bond motifs is 1. The third-order valence-corrected chi connectivity index (χ3v) is 8.41. The van der Waals surface area contributed by atoms with E-state index in [0.717, 1.165) is 62.7 Å². The quantitative estimate of drug-likeness (QED) is 0.0615. The number of aromatic amines is 1. The van der Waals surface area contributed by atoms with Gasteiger partial charge in [0, 0.05) is 55.5 Å². The van der Waals surface area contributed by atoms with Crippen LogP contribution in [0.2, 0.25) is 5.02 Å². The van der Waals surface area contributed by atoms with Gasteiger partial charge in [-0.15, -0.1) is 0 Å². The standard InChI is InChI=1S/C35H47ClFN7O2/c1-4-8-32(43(17-7-18-45)16-6-15-40-24(3)39)26-11-13-28(14-12-26)44-22-27-21-31(41-34(27)42-35(44)46)29-19-25(10-5-9-23(2)38)20-30(36)33(29)37/h11-14,19-23,32,45H,4-10,15-18,38H2,1-3H3,(H2,39,40)(H,41,42,46). The first-order valence-corrected chi connectivity index (χ1v) is 16.6. The van der Waals surface area contributed by atoms with Crippen molar-refractivity contribution in [3.05, 3.63) is 81.1 Å². The molecule has 0 aliphatic rings. The Bertz CT molecular complexity index is 1660. The maximum absolute atomic E-state index is 15.2. The fourth-order valence-corrected chi connectivity index (χ4v) is 6.10. The van der Waals surface area contributed by atoms with E-state index < -0.39 is 11.5 Å². The predicted molar refractivity (Wildman–Crippen MR) is 186 cm³/mol. The first-order chi connectivity index (χ1) is 22.1. The first-order valence-electron chi connectivity index (χ1n) is 16.2. The Kier molecular flexibility index (Phi) is 12.9. The molecule has 248 valence electrons. The average molecular weight is 652 g/mol. The van der Waals surface area contributed by atoms with Crippen LogP contribution in [0.25, 0.3) is 28.0 Å². The summed E-state index contributed by atoms with van der Waals surface area (Å²) in [7, 11) is 0. The Balaban J connectivity index is 1.60. The summed E-state index contributed by atoms with van der Waals surface area (Å²) in [6.07, 6.45) is 7.69. The number of amidine groups is 1. The Morgan fingerprint density at radius 3 is 2.57 bits per heavy atom. The highest BCUT2D eigenvalue weighted by Gasteiger charge is 2.20. The van der Waals surface area contributed by atoms with E-state index in [0.29, 0.717) is 46.8 Å². The SMILES string of the molecule is CCCC(c1ccc(-n2cc3cc(-c4cc(CCCC(C)N)cc(Cl)c4F)[nH]c3nc2=O)cc1)N(CCCO)CCCN=C(C)N. The number of H-pyrrole nitrogens is 1. The third-order valence-electron chi connectivity index (χ3n) is 8.14. The number of aromatic nitrogens is 3. The molecule has 0 radical (unpaired) electrons. The molecule has 4 rings (SSSR count). The molecular weight excluding hydrogens is 605 g/mol. The van der Waals surface area contributed by atoms with E-state index in [1.165, 1.54) is 4.57 Å². The number of halogens is 2. The van der Waals surface area contributed by atoms with Crippen LogP contribution in [0, 0.1) is 5.82 Å². The molecule has 0 saturated heterocycles. The summed E-state index contributed by atoms with van der Waals surface area (Å²) >= 11 is 6.27. The summed E-state index contributed by atoms with van der Waals surface area (Å²) in [6, 6.07) is 13.5. The Labute approximate surface area is 275 Å². The molecule has 0 aliphatic heterocycles. The lowest BCUT2D eigenvalue weighted by molar-refractivity contribution is 0.165. The lowest BCUT2D eigenvalue weighted by atomic mass is 9.99. The number of aliphatic imine (C=N–C) groups is 1. The topological polar surface area (TPSA) is 139 Å². The van der Waals surface area contributed by atoms with Crippen molar-refractivity contribution < 1.29 is 9.50 Å². The van der Waals surface area contributed by atoms with Crippen molar-refractivity contribution in [2.75, 3.05) is 26.2 Å². The smallest absolute Gasteiger partial charge is 0.354 e. The number of aliphatic hydroxyl groups is 1. The van der Waals surface area contributed by atoms with Crippen molar-refractivity contribution in [1.82, 2.24) is 19.4 Å². The summed E-state index contributed by atoms with van der Waals surface area (Å²) in [5, 5.41) is 10.2. The average Bonchev–Trinajstić information content (AvgIpc) is 3.43. The van der Waals surface area contributed by atoms with Gasteiger partial charge in [-0.3, -0.25) is 14.5 Å². The maximum atomic E-state index is 15.2. The fraction of sp³-hybridized carbons (Fsp3) is 0.457. The van der Waals surface area contributed by atoms with Crippen molar-refractivity contribution >= 4 is 28.5 Å². The van der Waals surface area contributed by atoms with E-state index in [1.54, 1.807) is 31.3 Å². The highest BCUT2D eigenvalue weighted by molar-refractivity contribution is 6.31. The van der Waals surface area contributed by atoms with Gasteiger partial charge in [-0.05, 0) is 93.8 Å². The van der Waals surface area contributed by atoms with E-state index in [-0.39, 0.29) is 23.7 Å². The number of hydrogen-bond acceptors (Lipinski definition) is 6. The minimum absolute atomic E-state index is 0.0510. The molecule has 2 aromatic carbocycles. The number of benzene rings is 2. The molecular formula is C35H47ClFN7O2. The number of rotatable bonds is 17. The second-order valence-corrected chi connectivity index (χ2v) is 12.5. The van der Waals surface area contributed by atoms with Gasteiger partial charge in [0.2, 0.25) is 0 Å². The Morgan fingerprint density at radius 2 is 1.89 bits per heavy atom. The zero-order chi connectivity index (χ0) is 33.2. The maximum Gasteiger partial charge on any atom is 0.354 e. The molecule has 2 aromatic heterocycles. The molecule has 6 N–H and O–H groups in total. The monoisotopic (exact) mass is 651 g/mol. The molecule has 2 heterocycles. The fourth-order valence-electron chi connectivity index (χ4n) is 5.86. The highest BCUT2D eigenvalue weighted by Crippen LogP contribution is 2.32. The molecule has 9 nitrogen and oxygen atoms in total. The molecule has 0 amide bonds. The zero-order valence-corrected chi connectivity index (χ0v) is 27.9. The predicted octanol–water partition coefficient (Wildman–Crippen LogP) is 6.14. The Morgan fingerprint density at radius 1 is 1.15 bits per heavy atom. The second-order valence-electron chi connectivity index (χ2n) is 12.1. The van der Waals surface area contributed by atoms with Crippen molar-refractivity contribution in [3.63, 3.8) is 0 Å². The molecule has 2 unspecified atom stereocenters. The molecule has 2 atom stereocenters. The molecule has 0 bridgehead atoms. The van der Waals surface area contributed by atoms with Gasteiger partial charge in [0.25, 0.3) is 0 Å². The lowest BCUT2D eigenvalue weighted by Gasteiger charge is -2.32. The minimum atomic E-state index is -0.521. The highest BCUT2D eigenvalue weighted by atomic mass is 35.5. The molecule has 0 saturated carbocycles. The lowest BCUT2D eigenvalue weighted by Crippen LogP contribution is -2.32. The summed E-state index contributed by atoms with van der Waals surface area (Å²) in [4.78, 5) is 27.3. The van der Waals surface area contributed by atoms with Crippen molar-refractivity contribution in [2.24, 2.45) is 16.5 Å². The van der Waals surface area contributed by atoms with Crippen LogP contribution < -0.4 is 17.2 Å². The first kappa shape index (κ1) is 35.3. The largest absolute Gasteiger partial charge is 0.396 e. The van der Waals surface area contributed by atoms with Gasteiger partial charge in [-0.1, -0.05) is 37.1 Å². The molecule has 11 heteroatoms. The second kappa shape index (κ2) is 16.8. The van der Waals surface area contributed by atoms with Crippen LogP contribution in [0.1, 0.15) is 76.5 Å². The van der Waals surface area contributed by atoms with E-state index >= 15 is 4.39 Å². The van der Waals surface area contributed by atoms with Crippen LogP contribution in [-0.4, -0.2) is 62.7 Å². The van der Waals surface area contributed by atoms with Gasteiger partial charge in [-0.25, -0.2) is 9.18 Å². The number of nitrogens with zero attached hydrogens (tertiary/aromatic N) is 4. The molecule has 0 fully saturated rings. The number of aryl methyl sites for hydroxylation is 1. The van der Waals surface area contributed by atoms with Gasteiger partial charge in [0.15, 0.2) is 5.82 Å². The zero-order valence-electron chi connectivity index (χ0n) is 27.1. The van der Waals surface area contributed by atoms with Crippen molar-refractivity contribution in [3.8, 4) is 16.9 Å². The minimum Gasteiger partial charge on any atom is -0.396 e. The van der Waals surface area contributed by atoms with Gasteiger partial charge >= 0.3 is 5.69 Å². The third kappa shape index (κ3) is 9.25. The summed E-state index contributed by atoms with van der Waals surface area (Å²) in [5.74, 6) is 0.0581. The van der Waals surface area contributed by atoms with E-state index in [4.69, 9.17) is 23.1 Å². The normalized spacial score (nSPS) is 13.5. The van der Waals surface area contributed by atoms with Crippen molar-refractivity contribution in [2.45, 2.75) is 77.8 Å². The molecule has 0 spiro atoms. The van der Waals surface area contributed by atoms with E-state index in [1.807, 2.05) is 19.1 Å². The molecule has 4 aromatic rings. The Hall–Kier alpha value is -3.57. The van der Waals surface area contributed by atoms with Gasteiger partial charge < -0.3 is 21.6 Å². The van der Waals surface area contributed by atoms with Crippen molar-refractivity contribution in [1.29, 1.82) is 0 Å². The van der Waals surface area contributed by atoms with Crippen LogP contribution in [0.3, 0.4) is 0 Å². The van der Waals surface area contributed by atoms with Crippen LogP contribution in [-0.2, 0) is 6.42 Å². The van der Waals surface area contributed by atoms with Crippen LogP contribution in [0.5, 0.6) is 0 Å². The van der Waals surface area contributed by atoms with Crippen LogP contribution in [0.15, 0.2) is 58.4 Å². The van der Waals surface area contributed by atoms with Crippen LogP contribution in [0.4, 0.5) is 4.39 Å². The van der Waals surface area contributed by atoms with Crippen LogP contribution >= 0.6 is 11.6 Å². The summed E-state index contributed by atoms with van der Waals surface area (Å²) in [5.41, 5.74) is 15.1. The van der Waals surface area contributed by atoms with E-state index in [9.17, 15) is 9.90 Å². The number of nitrogens with one attached hydrogen (secondary N) is 1. The van der Waals surface area contributed by atoms with Gasteiger partial charge in [-0.2, -0.15) is 4.98 Å². The van der Waals surface area contributed by atoms with E-state index in [2.05, 4.69) is 38.9 Å². The number of nitrogens with two attached hydrogens (primary N) is 2. The van der Waals surface area contributed by atoms with Gasteiger partial charge in [0.05, 0.1) is 22.2 Å². The summed E-state index contributed by atoms with van der Waals surface area (Å²) < 4.78 is 16.7. The number of hydrogen-bond donors (Lipinski definition) is 4. The van der Waals surface area contributed by atoms with Gasteiger partial charge in [0.1, 0.15) is 5.65 Å². The summed E-state index contributed by atoms with van der Waals surface area (Å²) in [6.45, 7) is 8.32. The molecule has 46 heavy (non-hydrogen) atoms.